The number of carbonyl (C=O) groups excluding carboxylic acids is 2. The first kappa shape index (κ1) is 13.9. The Morgan fingerprint density at radius 2 is 2.20 bits per heavy atom. The van der Waals surface area contributed by atoms with Crippen LogP contribution in [0, 0.1) is 0 Å². The molecule has 1 aromatic rings. The summed E-state index contributed by atoms with van der Waals surface area (Å²) in [4.78, 5) is 22.1. The number of benzene rings is 1. The van der Waals surface area contributed by atoms with Gasteiger partial charge < -0.3 is 15.7 Å². The highest BCUT2D eigenvalue weighted by molar-refractivity contribution is 6.04. The molecule has 0 aliphatic heterocycles. The summed E-state index contributed by atoms with van der Waals surface area (Å²) in [5.74, 6) is -0.0920. The number of rotatable bonds is 3. The number of nitrogens with zero attached hydrogens (tertiary/aromatic N) is 1. The summed E-state index contributed by atoms with van der Waals surface area (Å²) < 4.78 is 5.45. The number of urea groups is 1. The van der Waals surface area contributed by atoms with Gasteiger partial charge in [-0.25, -0.2) is 4.79 Å². The van der Waals surface area contributed by atoms with Crippen molar-refractivity contribution in [2.45, 2.75) is 25.9 Å². The molecule has 4 N–H and O–H groups in total. The lowest BCUT2D eigenvalue weighted by atomic mass is 10.1. The van der Waals surface area contributed by atoms with E-state index in [0.29, 0.717) is 17.9 Å². The molecule has 0 saturated carbocycles. The van der Waals surface area contributed by atoms with E-state index in [-0.39, 0.29) is 0 Å². The van der Waals surface area contributed by atoms with E-state index in [9.17, 15) is 9.59 Å². The Balaban J connectivity index is 2.08. The summed E-state index contributed by atoms with van der Waals surface area (Å²) in [5, 5.41) is 14.0. The number of hydrogen-bond acceptors (Lipinski definition) is 5. The molecule has 0 aromatic heterocycles. The van der Waals surface area contributed by atoms with Crippen molar-refractivity contribution in [1.29, 1.82) is 0 Å². The van der Waals surface area contributed by atoms with Gasteiger partial charge in [0, 0.05) is 5.56 Å². The number of primary amides is 1. The third-order valence-electron chi connectivity index (χ3n) is 3.07. The monoisotopic (exact) mass is 277 g/mol. The van der Waals surface area contributed by atoms with Crippen molar-refractivity contribution >= 4 is 17.6 Å². The van der Waals surface area contributed by atoms with Crippen LogP contribution in [0.4, 0.5) is 4.79 Å². The molecule has 1 aromatic carbocycles. The fourth-order valence-electron chi connectivity index (χ4n) is 2.10. The zero-order valence-corrected chi connectivity index (χ0v) is 10.9. The maximum atomic E-state index is 11.5. The molecule has 1 aliphatic carbocycles. The van der Waals surface area contributed by atoms with E-state index < -0.39 is 18.0 Å². The minimum atomic E-state index is -0.914. The summed E-state index contributed by atoms with van der Waals surface area (Å²) in [5.41, 5.74) is 7.39. The SMILES string of the molecule is CC(Oc1ccc2c(c1)CC/C2=N\O)C(=O)NC(N)=O. The summed E-state index contributed by atoms with van der Waals surface area (Å²) in [6.45, 7) is 1.52. The first-order valence-electron chi connectivity index (χ1n) is 6.12. The molecule has 3 amide bonds. The number of nitrogens with one attached hydrogen (secondary N) is 1. The van der Waals surface area contributed by atoms with Crippen LogP contribution in [0.3, 0.4) is 0 Å². The van der Waals surface area contributed by atoms with E-state index in [2.05, 4.69) is 5.16 Å². The minimum absolute atomic E-state index is 0.509. The molecule has 0 heterocycles. The van der Waals surface area contributed by atoms with Gasteiger partial charge >= 0.3 is 6.03 Å². The van der Waals surface area contributed by atoms with Crippen LogP contribution in [-0.4, -0.2) is 29.0 Å². The standard InChI is InChI=1S/C13H15N3O4/c1-7(12(17)15-13(14)18)20-9-3-4-10-8(6-9)2-5-11(10)16-19/h3-4,6-7,19H,2,5H2,1H3,(H3,14,15,17,18)/b16-11+. The number of oxime groups is 1. The van der Waals surface area contributed by atoms with Crippen molar-refractivity contribution in [2.24, 2.45) is 10.9 Å². The number of nitrogens with two attached hydrogens (primary N) is 1. The normalized spacial score (nSPS) is 16.6. The fraction of sp³-hybridized carbons (Fsp3) is 0.308. The molecular formula is C13H15N3O4. The van der Waals surface area contributed by atoms with Crippen LogP contribution in [0.2, 0.25) is 0 Å². The molecule has 0 radical (unpaired) electrons. The van der Waals surface area contributed by atoms with Crippen molar-refractivity contribution in [3.05, 3.63) is 29.3 Å². The van der Waals surface area contributed by atoms with E-state index in [1.54, 1.807) is 18.2 Å². The topological polar surface area (TPSA) is 114 Å². The molecule has 7 heteroatoms. The zero-order chi connectivity index (χ0) is 14.7. The second kappa shape index (κ2) is 5.60. The van der Waals surface area contributed by atoms with Crippen molar-refractivity contribution < 1.29 is 19.5 Å². The molecule has 106 valence electrons. The smallest absolute Gasteiger partial charge is 0.318 e. The molecule has 2 rings (SSSR count). The number of carbonyl (C=O) groups is 2. The third-order valence-corrected chi connectivity index (χ3v) is 3.07. The number of imide groups is 1. The Morgan fingerprint density at radius 3 is 2.85 bits per heavy atom. The Labute approximate surface area is 115 Å². The number of ether oxygens (including phenoxy) is 1. The Kier molecular flexibility index (Phi) is 3.88. The van der Waals surface area contributed by atoms with Gasteiger partial charge in [-0.15, -0.1) is 0 Å². The van der Waals surface area contributed by atoms with E-state index in [1.165, 1.54) is 6.92 Å². The molecule has 1 aliphatic rings. The predicted molar refractivity (Wildman–Crippen MR) is 70.9 cm³/mol. The molecule has 7 nitrogen and oxygen atoms in total. The summed E-state index contributed by atoms with van der Waals surface area (Å²) >= 11 is 0. The number of fused-ring (bicyclic) bond motifs is 1. The third kappa shape index (κ3) is 2.87. The van der Waals surface area contributed by atoms with Gasteiger partial charge in [0.05, 0.1) is 5.71 Å². The van der Waals surface area contributed by atoms with Crippen LogP contribution in [0.15, 0.2) is 23.4 Å². The van der Waals surface area contributed by atoms with Gasteiger partial charge in [-0.1, -0.05) is 5.16 Å². The molecule has 0 fully saturated rings. The van der Waals surface area contributed by atoms with Gasteiger partial charge in [0.25, 0.3) is 5.91 Å². The highest BCUT2D eigenvalue weighted by atomic mass is 16.5. The van der Waals surface area contributed by atoms with Crippen LogP contribution in [0.1, 0.15) is 24.5 Å². The number of hydrogen-bond donors (Lipinski definition) is 3. The minimum Gasteiger partial charge on any atom is -0.481 e. The molecule has 1 unspecified atom stereocenters. The van der Waals surface area contributed by atoms with Crippen LogP contribution >= 0.6 is 0 Å². The van der Waals surface area contributed by atoms with Gasteiger partial charge in [-0.05, 0) is 43.5 Å². The van der Waals surface area contributed by atoms with Crippen LogP contribution in [-0.2, 0) is 11.2 Å². The van der Waals surface area contributed by atoms with E-state index in [1.807, 2.05) is 5.32 Å². The van der Waals surface area contributed by atoms with Crippen molar-refractivity contribution in [3.8, 4) is 5.75 Å². The molecule has 0 bridgehead atoms. The summed E-state index contributed by atoms with van der Waals surface area (Å²) in [6.07, 6.45) is 0.591. The van der Waals surface area contributed by atoms with Crippen LogP contribution < -0.4 is 15.8 Å². The lowest BCUT2D eigenvalue weighted by Gasteiger charge is -2.14. The van der Waals surface area contributed by atoms with Gasteiger partial charge in [-0.3, -0.25) is 10.1 Å². The first-order chi connectivity index (χ1) is 9.51. The average Bonchev–Trinajstić information content (AvgIpc) is 2.80. The maximum absolute atomic E-state index is 11.5. The largest absolute Gasteiger partial charge is 0.481 e. The van der Waals surface area contributed by atoms with Gasteiger partial charge in [0.1, 0.15) is 5.75 Å². The number of amides is 3. The molecule has 0 spiro atoms. The molecule has 1 atom stereocenters. The van der Waals surface area contributed by atoms with E-state index >= 15 is 0 Å². The average molecular weight is 277 g/mol. The van der Waals surface area contributed by atoms with Crippen LogP contribution in [0.25, 0.3) is 0 Å². The predicted octanol–water partition coefficient (Wildman–Crippen LogP) is 0.773. The van der Waals surface area contributed by atoms with Crippen molar-refractivity contribution in [2.75, 3.05) is 0 Å². The van der Waals surface area contributed by atoms with Gasteiger partial charge in [0.15, 0.2) is 6.10 Å². The van der Waals surface area contributed by atoms with Crippen molar-refractivity contribution in [3.63, 3.8) is 0 Å². The summed E-state index contributed by atoms with van der Waals surface area (Å²) in [6, 6.07) is 4.35. The molecular weight excluding hydrogens is 262 g/mol. The second-order valence-corrected chi connectivity index (χ2v) is 4.48. The first-order valence-corrected chi connectivity index (χ1v) is 6.12. The molecule has 20 heavy (non-hydrogen) atoms. The van der Waals surface area contributed by atoms with E-state index in [4.69, 9.17) is 15.7 Å². The fourth-order valence-corrected chi connectivity index (χ4v) is 2.10. The highest BCUT2D eigenvalue weighted by Crippen LogP contribution is 2.27. The Hall–Kier alpha value is -2.57. The van der Waals surface area contributed by atoms with Crippen LogP contribution in [0.5, 0.6) is 5.75 Å². The quantitative estimate of drug-likeness (QED) is 0.559. The Morgan fingerprint density at radius 1 is 1.45 bits per heavy atom. The number of aryl methyl sites for hydroxylation is 1. The summed E-state index contributed by atoms with van der Waals surface area (Å²) in [7, 11) is 0. The maximum Gasteiger partial charge on any atom is 0.318 e. The molecule has 0 saturated heterocycles. The lowest BCUT2D eigenvalue weighted by Crippen LogP contribution is -2.42. The highest BCUT2D eigenvalue weighted by Gasteiger charge is 2.20. The van der Waals surface area contributed by atoms with E-state index in [0.717, 1.165) is 17.5 Å². The Bertz CT molecular complexity index is 583. The zero-order valence-electron chi connectivity index (χ0n) is 10.9. The van der Waals surface area contributed by atoms with Crippen molar-refractivity contribution in [1.82, 2.24) is 5.32 Å². The second-order valence-electron chi connectivity index (χ2n) is 4.48. The van der Waals surface area contributed by atoms with Gasteiger partial charge in [0.2, 0.25) is 0 Å². The lowest BCUT2D eigenvalue weighted by molar-refractivity contribution is -0.126. The van der Waals surface area contributed by atoms with Gasteiger partial charge in [-0.2, -0.15) is 0 Å².